The molecule has 0 amide bonds. The molecule has 3 heteroatoms. The van der Waals surface area contributed by atoms with Crippen LogP contribution in [0.3, 0.4) is 0 Å². The highest BCUT2D eigenvalue weighted by Crippen LogP contribution is 2.21. The minimum absolute atomic E-state index is 0.104. The minimum atomic E-state index is 0.104. The van der Waals surface area contributed by atoms with Crippen molar-refractivity contribution in [3.05, 3.63) is 65.2 Å². The van der Waals surface area contributed by atoms with Gasteiger partial charge in [0.1, 0.15) is 5.75 Å². The van der Waals surface area contributed by atoms with Crippen LogP contribution in [0.4, 0.5) is 0 Å². The first-order valence-corrected chi connectivity index (χ1v) is 6.38. The standard InChI is InChI=1S/C16H20N2O/c1-12-4-3-5-13(10-12)11-16(18-17)14-6-8-15(19-2)9-7-14/h3-10,16,18H,11,17H2,1-2H3. The first-order chi connectivity index (χ1) is 9.22. The van der Waals surface area contributed by atoms with Crippen LogP contribution in [0.15, 0.2) is 48.5 Å². The Kier molecular flexibility index (Phi) is 4.55. The summed E-state index contributed by atoms with van der Waals surface area (Å²) in [6.45, 7) is 2.10. The van der Waals surface area contributed by atoms with Gasteiger partial charge in [-0.25, -0.2) is 0 Å². The highest BCUT2D eigenvalue weighted by Gasteiger charge is 2.10. The normalized spacial score (nSPS) is 12.2. The van der Waals surface area contributed by atoms with Gasteiger partial charge < -0.3 is 4.74 Å². The Labute approximate surface area is 114 Å². The maximum Gasteiger partial charge on any atom is 0.118 e. The molecule has 2 aromatic rings. The molecule has 0 aliphatic carbocycles. The molecule has 2 rings (SSSR count). The second-order valence-electron chi connectivity index (χ2n) is 4.69. The predicted octanol–water partition coefficient (Wildman–Crippen LogP) is 2.75. The lowest BCUT2D eigenvalue weighted by Gasteiger charge is -2.17. The molecule has 19 heavy (non-hydrogen) atoms. The second-order valence-corrected chi connectivity index (χ2v) is 4.69. The first-order valence-electron chi connectivity index (χ1n) is 6.38. The van der Waals surface area contributed by atoms with Crippen LogP contribution < -0.4 is 16.0 Å². The molecular weight excluding hydrogens is 236 g/mol. The second kappa shape index (κ2) is 6.36. The third-order valence-electron chi connectivity index (χ3n) is 3.24. The van der Waals surface area contributed by atoms with E-state index < -0.39 is 0 Å². The molecule has 3 N–H and O–H groups in total. The van der Waals surface area contributed by atoms with E-state index in [1.165, 1.54) is 11.1 Å². The first kappa shape index (κ1) is 13.6. The highest BCUT2D eigenvalue weighted by molar-refractivity contribution is 5.31. The van der Waals surface area contributed by atoms with E-state index in [4.69, 9.17) is 10.6 Å². The summed E-state index contributed by atoms with van der Waals surface area (Å²) >= 11 is 0. The van der Waals surface area contributed by atoms with Crippen LogP contribution in [0.2, 0.25) is 0 Å². The lowest BCUT2D eigenvalue weighted by atomic mass is 9.98. The molecule has 100 valence electrons. The van der Waals surface area contributed by atoms with E-state index in [1.807, 2.05) is 24.3 Å². The summed E-state index contributed by atoms with van der Waals surface area (Å²) < 4.78 is 5.16. The largest absolute Gasteiger partial charge is 0.497 e. The molecule has 3 nitrogen and oxygen atoms in total. The number of nitrogens with two attached hydrogens (primary N) is 1. The van der Waals surface area contributed by atoms with E-state index >= 15 is 0 Å². The summed E-state index contributed by atoms with van der Waals surface area (Å²) in [7, 11) is 1.67. The maximum absolute atomic E-state index is 5.68. The molecule has 0 aliphatic rings. The number of nitrogens with one attached hydrogen (secondary N) is 1. The Morgan fingerprint density at radius 2 is 1.89 bits per heavy atom. The van der Waals surface area contributed by atoms with E-state index in [1.54, 1.807) is 7.11 Å². The van der Waals surface area contributed by atoms with Gasteiger partial charge in [0.25, 0.3) is 0 Å². The highest BCUT2D eigenvalue weighted by atomic mass is 16.5. The Bertz CT molecular complexity index is 523. The van der Waals surface area contributed by atoms with Crippen molar-refractivity contribution >= 4 is 0 Å². The van der Waals surface area contributed by atoms with Crippen LogP contribution in [0.5, 0.6) is 5.75 Å². The third kappa shape index (κ3) is 3.56. The van der Waals surface area contributed by atoms with Crippen molar-refractivity contribution in [1.82, 2.24) is 5.43 Å². The van der Waals surface area contributed by atoms with E-state index in [9.17, 15) is 0 Å². The van der Waals surface area contributed by atoms with Gasteiger partial charge in [0.2, 0.25) is 0 Å². The summed E-state index contributed by atoms with van der Waals surface area (Å²) in [6.07, 6.45) is 0.866. The predicted molar refractivity (Wildman–Crippen MR) is 77.9 cm³/mol. The lowest BCUT2D eigenvalue weighted by Crippen LogP contribution is -2.29. The molecular formula is C16H20N2O. The van der Waals surface area contributed by atoms with Gasteiger partial charge in [-0.1, -0.05) is 42.0 Å². The molecule has 0 radical (unpaired) electrons. The van der Waals surface area contributed by atoms with E-state index in [0.29, 0.717) is 0 Å². The molecule has 0 bridgehead atoms. The number of hydrazine groups is 1. The topological polar surface area (TPSA) is 47.3 Å². The van der Waals surface area contributed by atoms with Crippen molar-refractivity contribution in [2.45, 2.75) is 19.4 Å². The summed E-state index contributed by atoms with van der Waals surface area (Å²) in [5.74, 6) is 6.54. The van der Waals surface area contributed by atoms with Gasteiger partial charge in [0.05, 0.1) is 7.11 Å². The summed E-state index contributed by atoms with van der Waals surface area (Å²) in [5, 5.41) is 0. The number of ether oxygens (including phenoxy) is 1. The number of aryl methyl sites for hydroxylation is 1. The van der Waals surface area contributed by atoms with Crippen LogP contribution in [-0.2, 0) is 6.42 Å². The molecule has 0 heterocycles. The van der Waals surface area contributed by atoms with Crippen molar-refractivity contribution in [3.8, 4) is 5.75 Å². The maximum atomic E-state index is 5.68. The Morgan fingerprint density at radius 3 is 2.47 bits per heavy atom. The average Bonchev–Trinajstić information content (AvgIpc) is 2.45. The van der Waals surface area contributed by atoms with Crippen LogP contribution in [0.1, 0.15) is 22.7 Å². The van der Waals surface area contributed by atoms with Crippen LogP contribution in [0, 0.1) is 6.92 Å². The number of rotatable bonds is 5. The SMILES string of the molecule is COc1ccc(C(Cc2cccc(C)c2)NN)cc1. The van der Waals surface area contributed by atoms with Crippen LogP contribution in [0.25, 0.3) is 0 Å². The van der Waals surface area contributed by atoms with Crippen molar-refractivity contribution in [3.63, 3.8) is 0 Å². The van der Waals surface area contributed by atoms with Gasteiger partial charge in [0.15, 0.2) is 0 Å². The fourth-order valence-corrected chi connectivity index (χ4v) is 2.18. The molecule has 0 fully saturated rings. The van der Waals surface area contributed by atoms with Crippen LogP contribution >= 0.6 is 0 Å². The fraction of sp³-hybridized carbons (Fsp3) is 0.250. The van der Waals surface area contributed by atoms with Gasteiger partial charge in [-0.2, -0.15) is 0 Å². The molecule has 0 aliphatic heterocycles. The van der Waals surface area contributed by atoms with E-state index in [2.05, 4.69) is 36.6 Å². The average molecular weight is 256 g/mol. The monoisotopic (exact) mass is 256 g/mol. The smallest absolute Gasteiger partial charge is 0.118 e. The van der Waals surface area contributed by atoms with Crippen molar-refractivity contribution < 1.29 is 4.74 Å². The molecule has 0 spiro atoms. The van der Waals surface area contributed by atoms with Gasteiger partial charge >= 0.3 is 0 Å². The Morgan fingerprint density at radius 1 is 1.16 bits per heavy atom. The zero-order valence-corrected chi connectivity index (χ0v) is 11.4. The molecule has 2 aromatic carbocycles. The van der Waals surface area contributed by atoms with Gasteiger partial charge in [-0.3, -0.25) is 11.3 Å². The van der Waals surface area contributed by atoms with Crippen molar-refractivity contribution in [1.29, 1.82) is 0 Å². The van der Waals surface area contributed by atoms with Gasteiger partial charge in [0, 0.05) is 6.04 Å². The number of benzene rings is 2. The molecule has 0 aromatic heterocycles. The third-order valence-corrected chi connectivity index (χ3v) is 3.24. The fourth-order valence-electron chi connectivity index (χ4n) is 2.18. The number of hydrogen-bond acceptors (Lipinski definition) is 3. The quantitative estimate of drug-likeness (QED) is 0.639. The lowest BCUT2D eigenvalue weighted by molar-refractivity contribution is 0.414. The van der Waals surface area contributed by atoms with Crippen LogP contribution in [-0.4, -0.2) is 7.11 Å². The van der Waals surface area contributed by atoms with Crippen molar-refractivity contribution in [2.75, 3.05) is 7.11 Å². The molecule has 1 atom stereocenters. The van der Waals surface area contributed by atoms with Gasteiger partial charge in [-0.15, -0.1) is 0 Å². The Balaban J connectivity index is 2.15. The summed E-state index contributed by atoms with van der Waals surface area (Å²) in [6, 6.07) is 16.6. The van der Waals surface area contributed by atoms with Gasteiger partial charge in [-0.05, 0) is 36.6 Å². The number of hydrogen-bond donors (Lipinski definition) is 2. The molecule has 0 saturated heterocycles. The Hall–Kier alpha value is -1.84. The number of methoxy groups -OCH3 is 1. The molecule has 1 unspecified atom stereocenters. The van der Waals surface area contributed by atoms with E-state index in [-0.39, 0.29) is 6.04 Å². The summed E-state index contributed by atoms with van der Waals surface area (Å²) in [5.41, 5.74) is 6.58. The zero-order chi connectivity index (χ0) is 13.7. The van der Waals surface area contributed by atoms with E-state index in [0.717, 1.165) is 17.7 Å². The minimum Gasteiger partial charge on any atom is -0.497 e. The zero-order valence-electron chi connectivity index (χ0n) is 11.4. The molecule has 0 saturated carbocycles. The van der Waals surface area contributed by atoms with Crippen molar-refractivity contribution in [2.24, 2.45) is 5.84 Å². The summed E-state index contributed by atoms with van der Waals surface area (Å²) in [4.78, 5) is 0.